The Hall–Kier alpha value is -1.42. The molecule has 0 fully saturated rings. The van der Waals surface area contributed by atoms with E-state index in [1.807, 2.05) is 0 Å². The second kappa shape index (κ2) is 5.61. The number of halogens is 1. The van der Waals surface area contributed by atoms with Crippen LogP contribution in [0.1, 0.15) is 25.3 Å². The van der Waals surface area contributed by atoms with Gasteiger partial charge in [0.1, 0.15) is 5.82 Å². The molecular formula is C12H16FNO2. The molecule has 0 spiro atoms. The Kier molecular flexibility index (Phi) is 4.43. The van der Waals surface area contributed by atoms with Gasteiger partial charge in [-0.05, 0) is 32.4 Å². The molecule has 4 heteroatoms. The summed E-state index contributed by atoms with van der Waals surface area (Å²) in [5.74, 6) is -0.553. The minimum absolute atomic E-state index is 0.213. The standard InChI is InChI=1S/C12H16FNO2/c1-8(15)6-7-12(16)14-11-5-3-4-10(13)9(11)2/h3-5,8,15H,6-7H2,1-2H3,(H,14,16). The van der Waals surface area contributed by atoms with Gasteiger partial charge in [0.25, 0.3) is 0 Å². The van der Waals surface area contributed by atoms with Crippen LogP contribution in [-0.2, 0) is 4.79 Å². The molecule has 88 valence electrons. The van der Waals surface area contributed by atoms with Crippen molar-refractivity contribution in [1.29, 1.82) is 0 Å². The molecule has 1 amide bonds. The summed E-state index contributed by atoms with van der Waals surface area (Å²) < 4.78 is 13.2. The molecule has 1 atom stereocenters. The number of aliphatic hydroxyl groups is 1. The average Bonchev–Trinajstić information content (AvgIpc) is 2.22. The molecule has 0 aliphatic heterocycles. The minimum atomic E-state index is -0.501. The van der Waals surface area contributed by atoms with E-state index in [-0.39, 0.29) is 18.1 Å². The molecule has 16 heavy (non-hydrogen) atoms. The first-order valence-corrected chi connectivity index (χ1v) is 5.23. The van der Waals surface area contributed by atoms with E-state index < -0.39 is 6.10 Å². The van der Waals surface area contributed by atoms with Crippen molar-refractivity contribution in [2.75, 3.05) is 5.32 Å². The van der Waals surface area contributed by atoms with Gasteiger partial charge in [0.05, 0.1) is 6.10 Å². The molecule has 0 aliphatic carbocycles. The van der Waals surface area contributed by atoms with Crippen molar-refractivity contribution >= 4 is 11.6 Å². The number of anilines is 1. The molecule has 2 N–H and O–H groups in total. The van der Waals surface area contributed by atoms with Gasteiger partial charge in [0, 0.05) is 17.7 Å². The van der Waals surface area contributed by atoms with Crippen LogP contribution in [0.3, 0.4) is 0 Å². The summed E-state index contributed by atoms with van der Waals surface area (Å²) in [6, 6.07) is 4.55. The Morgan fingerprint density at radius 1 is 1.56 bits per heavy atom. The zero-order valence-electron chi connectivity index (χ0n) is 9.46. The Morgan fingerprint density at radius 2 is 2.25 bits per heavy atom. The summed E-state index contributed by atoms with van der Waals surface area (Å²) in [4.78, 5) is 11.4. The van der Waals surface area contributed by atoms with Crippen LogP contribution in [0.2, 0.25) is 0 Å². The molecule has 0 bridgehead atoms. The minimum Gasteiger partial charge on any atom is -0.393 e. The van der Waals surface area contributed by atoms with Crippen molar-refractivity contribution in [2.24, 2.45) is 0 Å². The molecule has 0 saturated heterocycles. The zero-order chi connectivity index (χ0) is 12.1. The highest BCUT2D eigenvalue weighted by molar-refractivity contribution is 5.91. The summed E-state index contributed by atoms with van der Waals surface area (Å²) >= 11 is 0. The summed E-state index contributed by atoms with van der Waals surface area (Å²) in [6.45, 7) is 3.24. The van der Waals surface area contributed by atoms with Crippen molar-refractivity contribution in [3.63, 3.8) is 0 Å². The van der Waals surface area contributed by atoms with Crippen LogP contribution in [-0.4, -0.2) is 17.1 Å². The monoisotopic (exact) mass is 225 g/mol. The fraction of sp³-hybridized carbons (Fsp3) is 0.417. The Labute approximate surface area is 94.3 Å². The van der Waals surface area contributed by atoms with E-state index in [0.29, 0.717) is 17.7 Å². The molecule has 0 heterocycles. The number of rotatable bonds is 4. The fourth-order valence-electron chi connectivity index (χ4n) is 1.30. The first-order valence-electron chi connectivity index (χ1n) is 5.23. The highest BCUT2D eigenvalue weighted by Gasteiger charge is 2.08. The predicted octanol–water partition coefficient (Wildman–Crippen LogP) is 2.23. The van der Waals surface area contributed by atoms with E-state index >= 15 is 0 Å². The van der Waals surface area contributed by atoms with Crippen LogP contribution < -0.4 is 5.32 Å². The van der Waals surface area contributed by atoms with Gasteiger partial charge in [-0.1, -0.05) is 6.07 Å². The Morgan fingerprint density at radius 3 is 2.88 bits per heavy atom. The molecule has 1 aromatic carbocycles. The molecule has 0 aliphatic rings. The van der Waals surface area contributed by atoms with Gasteiger partial charge in [-0.25, -0.2) is 4.39 Å². The van der Waals surface area contributed by atoms with E-state index in [2.05, 4.69) is 5.32 Å². The molecule has 0 saturated carbocycles. The van der Waals surface area contributed by atoms with Crippen LogP contribution in [0, 0.1) is 12.7 Å². The van der Waals surface area contributed by atoms with E-state index in [1.54, 1.807) is 26.0 Å². The van der Waals surface area contributed by atoms with Crippen LogP contribution in [0.5, 0.6) is 0 Å². The van der Waals surface area contributed by atoms with Gasteiger partial charge in [0.15, 0.2) is 0 Å². The van der Waals surface area contributed by atoms with E-state index in [9.17, 15) is 9.18 Å². The van der Waals surface area contributed by atoms with E-state index in [0.717, 1.165) is 0 Å². The van der Waals surface area contributed by atoms with Gasteiger partial charge in [-0.3, -0.25) is 4.79 Å². The average molecular weight is 225 g/mol. The van der Waals surface area contributed by atoms with E-state index in [1.165, 1.54) is 6.07 Å². The second-order valence-electron chi connectivity index (χ2n) is 3.85. The maximum Gasteiger partial charge on any atom is 0.224 e. The topological polar surface area (TPSA) is 49.3 Å². The highest BCUT2D eigenvalue weighted by atomic mass is 19.1. The van der Waals surface area contributed by atoms with Gasteiger partial charge in [-0.2, -0.15) is 0 Å². The van der Waals surface area contributed by atoms with Crippen molar-refractivity contribution in [3.05, 3.63) is 29.6 Å². The smallest absolute Gasteiger partial charge is 0.224 e. The lowest BCUT2D eigenvalue weighted by molar-refractivity contribution is -0.116. The lowest BCUT2D eigenvalue weighted by atomic mass is 10.1. The lowest BCUT2D eigenvalue weighted by Crippen LogP contribution is -2.15. The number of hydrogen-bond donors (Lipinski definition) is 2. The molecule has 1 unspecified atom stereocenters. The van der Waals surface area contributed by atoms with Crippen molar-refractivity contribution in [1.82, 2.24) is 0 Å². The third-order valence-corrected chi connectivity index (χ3v) is 2.33. The zero-order valence-corrected chi connectivity index (χ0v) is 9.46. The molecule has 1 rings (SSSR count). The number of amides is 1. The molecule has 3 nitrogen and oxygen atoms in total. The number of benzene rings is 1. The third-order valence-electron chi connectivity index (χ3n) is 2.33. The van der Waals surface area contributed by atoms with Gasteiger partial charge < -0.3 is 10.4 Å². The summed E-state index contributed by atoms with van der Waals surface area (Å²) in [5, 5.41) is 11.6. The first kappa shape index (κ1) is 12.6. The van der Waals surface area contributed by atoms with Crippen LogP contribution in [0.25, 0.3) is 0 Å². The molecule has 0 aromatic heterocycles. The molecule has 1 aromatic rings. The van der Waals surface area contributed by atoms with Crippen molar-refractivity contribution < 1.29 is 14.3 Å². The summed E-state index contributed by atoms with van der Waals surface area (Å²) in [5.41, 5.74) is 0.906. The molecular weight excluding hydrogens is 209 g/mol. The van der Waals surface area contributed by atoms with Crippen LogP contribution in [0.4, 0.5) is 10.1 Å². The second-order valence-corrected chi connectivity index (χ2v) is 3.85. The largest absolute Gasteiger partial charge is 0.393 e. The quantitative estimate of drug-likeness (QED) is 0.825. The Balaban J connectivity index is 2.59. The number of aliphatic hydroxyl groups excluding tert-OH is 1. The molecule has 0 radical (unpaired) electrons. The van der Waals surface area contributed by atoms with E-state index in [4.69, 9.17) is 5.11 Å². The van der Waals surface area contributed by atoms with Gasteiger partial charge in [0.2, 0.25) is 5.91 Å². The SMILES string of the molecule is Cc1c(F)cccc1NC(=O)CCC(C)O. The highest BCUT2D eigenvalue weighted by Crippen LogP contribution is 2.17. The first-order chi connectivity index (χ1) is 7.50. The Bertz CT molecular complexity index is 377. The summed E-state index contributed by atoms with van der Waals surface area (Å²) in [6.07, 6.45) is 0.132. The van der Waals surface area contributed by atoms with Gasteiger partial charge in [-0.15, -0.1) is 0 Å². The maximum absolute atomic E-state index is 13.2. The lowest BCUT2D eigenvalue weighted by Gasteiger charge is -2.09. The van der Waals surface area contributed by atoms with Crippen molar-refractivity contribution in [2.45, 2.75) is 32.8 Å². The van der Waals surface area contributed by atoms with Crippen molar-refractivity contribution in [3.8, 4) is 0 Å². The number of nitrogens with one attached hydrogen (secondary N) is 1. The normalized spacial score (nSPS) is 12.2. The van der Waals surface area contributed by atoms with Crippen LogP contribution in [0.15, 0.2) is 18.2 Å². The number of carbonyl (C=O) groups excluding carboxylic acids is 1. The summed E-state index contributed by atoms with van der Waals surface area (Å²) in [7, 11) is 0. The van der Waals surface area contributed by atoms with Crippen LogP contribution >= 0.6 is 0 Å². The van der Waals surface area contributed by atoms with Gasteiger partial charge >= 0.3 is 0 Å². The predicted molar refractivity (Wildman–Crippen MR) is 60.7 cm³/mol. The number of hydrogen-bond acceptors (Lipinski definition) is 2. The maximum atomic E-state index is 13.2. The number of carbonyl (C=O) groups is 1. The fourth-order valence-corrected chi connectivity index (χ4v) is 1.30. The third kappa shape index (κ3) is 3.62.